The number of hydrogen-bond acceptors (Lipinski definition) is 3. The zero-order chi connectivity index (χ0) is 10.7. The maximum Gasteiger partial charge on any atom is 0.183 e. The van der Waals surface area contributed by atoms with E-state index in [2.05, 4.69) is 5.32 Å². The van der Waals surface area contributed by atoms with Gasteiger partial charge in [-0.3, -0.25) is 4.79 Å². The number of phenols is 1. The maximum absolute atomic E-state index is 13.4. The molecule has 0 heterocycles. The third-order valence-electron chi connectivity index (χ3n) is 1.93. The fourth-order valence-corrected chi connectivity index (χ4v) is 1.18. The maximum atomic E-state index is 13.4. The molecule has 0 aliphatic carbocycles. The van der Waals surface area contributed by atoms with Crippen LogP contribution in [0.2, 0.25) is 0 Å². The van der Waals surface area contributed by atoms with Crippen LogP contribution in [-0.2, 0) is 0 Å². The van der Waals surface area contributed by atoms with Crippen molar-refractivity contribution < 1.29 is 14.3 Å². The highest BCUT2D eigenvalue weighted by atomic mass is 19.1. The molecule has 76 valence electrons. The first kappa shape index (κ1) is 10.7. The number of phenolic OH excluding ortho intramolecular Hbond substituents is 1. The molecule has 0 aliphatic heterocycles. The van der Waals surface area contributed by atoms with Crippen molar-refractivity contribution in [3.05, 3.63) is 29.1 Å². The summed E-state index contributed by atoms with van der Waals surface area (Å²) in [6.45, 7) is 1.55. The fourth-order valence-electron chi connectivity index (χ4n) is 1.18. The summed E-state index contributed by atoms with van der Waals surface area (Å²) in [5.41, 5.74) is 0.113. The van der Waals surface area contributed by atoms with Gasteiger partial charge < -0.3 is 10.4 Å². The van der Waals surface area contributed by atoms with E-state index in [1.807, 2.05) is 0 Å². The van der Waals surface area contributed by atoms with Gasteiger partial charge in [-0.1, -0.05) is 6.07 Å². The molecule has 4 heteroatoms. The molecule has 0 radical (unpaired) electrons. The van der Waals surface area contributed by atoms with Crippen LogP contribution in [0.3, 0.4) is 0 Å². The molecular weight excluding hydrogens is 185 g/mol. The second-order valence-electron chi connectivity index (χ2n) is 3.04. The van der Waals surface area contributed by atoms with E-state index in [1.165, 1.54) is 12.1 Å². The second kappa shape index (κ2) is 4.19. The number of Topliss-reactive ketones (excluding diaryl/α,β-unsaturated/α-hetero) is 1. The van der Waals surface area contributed by atoms with Crippen LogP contribution in [0.5, 0.6) is 5.75 Å². The number of carbonyl (C=O) groups is 1. The number of aromatic hydroxyl groups is 1. The van der Waals surface area contributed by atoms with Crippen LogP contribution < -0.4 is 5.32 Å². The number of ketones is 1. The normalized spacial score (nSPS) is 10.2. The predicted molar refractivity (Wildman–Crippen MR) is 51.1 cm³/mol. The van der Waals surface area contributed by atoms with Crippen LogP contribution in [0.1, 0.15) is 15.9 Å². The lowest BCUT2D eigenvalue weighted by atomic mass is 10.1. The molecule has 2 N–H and O–H groups in total. The van der Waals surface area contributed by atoms with E-state index in [4.69, 9.17) is 0 Å². The largest absolute Gasteiger partial charge is 0.507 e. The average molecular weight is 197 g/mol. The SMILES string of the molecule is CNCC(=O)c1c(O)ccc(C)c1F. The molecule has 3 nitrogen and oxygen atoms in total. The van der Waals surface area contributed by atoms with Crippen LogP contribution in [0.25, 0.3) is 0 Å². The number of carbonyl (C=O) groups excluding carboxylic acids is 1. The Kier molecular flexibility index (Phi) is 3.19. The number of nitrogens with one attached hydrogen (secondary N) is 1. The van der Waals surface area contributed by atoms with Gasteiger partial charge in [0.15, 0.2) is 5.78 Å². The molecule has 0 unspecified atom stereocenters. The molecule has 0 fully saturated rings. The number of benzene rings is 1. The van der Waals surface area contributed by atoms with E-state index in [0.29, 0.717) is 5.56 Å². The van der Waals surface area contributed by atoms with Crippen LogP contribution in [0.15, 0.2) is 12.1 Å². The lowest BCUT2D eigenvalue weighted by Crippen LogP contribution is -2.20. The van der Waals surface area contributed by atoms with Crippen molar-refractivity contribution >= 4 is 5.78 Å². The first-order valence-corrected chi connectivity index (χ1v) is 4.23. The Bertz CT molecular complexity index is 363. The third-order valence-corrected chi connectivity index (χ3v) is 1.93. The zero-order valence-electron chi connectivity index (χ0n) is 8.10. The lowest BCUT2D eigenvalue weighted by Gasteiger charge is -2.06. The summed E-state index contributed by atoms with van der Waals surface area (Å²) in [5, 5.41) is 11.9. The molecule has 0 saturated heterocycles. The number of aryl methyl sites for hydroxylation is 1. The lowest BCUT2D eigenvalue weighted by molar-refractivity contribution is 0.0987. The van der Waals surface area contributed by atoms with E-state index < -0.39 is 11.6 Å². The summed E-state index contributed by atoms with van der Waals surface area (Å²) in [4.78, 5) is 11.4. The Morgan fingerprint density at radius 1 is 1.57 bits per heavy atom. The summed E-state index contributed by atoms with van der Waals surface area (Å²) < 4.78 is 13.4. The summed E-state index contributed by atoms with van der Waals surface area (Å²) in [5.74, 6) is -1.41. The first-order chi connectivity index (χ1) is 6.57. The van der Waals surface area contributed by atoms with Crippen molar-refractivity contribution in [1.29, 1.82) is 0 Å². The Hall–Kier alpha value is -1.42. The van der Waals surface area contributed by atoms with Gasteiger partial charge in [0.05, 0.1) is 12.1 Å². The first-order valence-electron chi connectivity index (χ1n) is 4.23. The van der Waals surface area contributed by atoms with Crippen molar-refractivity contribution in [3.8, 4) is 5.75 Å². The highest BCUT2D eigenvalue weighted by Gasteiger charge is 2.17. The van der Waals surface area contributed by atoms with E-state index in [-0.39, 0.29) is 17.9 Å². The van der Waals surface area contributed by atoms with Gasteiger partial charge >= 0.3 is 0 Å². The van der Waals surface area contributed by atoms with Crippen LogP contribution in [0, 0.1) is 12.7 Å². The smallest absolute Gasteiger partial charge is 0.183 e. The Labute approximate surface area is 81.6 Å². The molecule has 1 aromatic carbocycles. The van der Waals surface area contributed by atoms with E-state index in [1.54, 1.807) is 14.0 Å². The summed E-state index contributed by atoms with van der Waals surface area (Å²) in [6, 6.07) is 2.75. The molecule has 0 spiro atoms. The number of rotatable bonds is 3. The van der Waals surface area contributed by atoms with E-state index in [9.17, 15) is 14.3 Å². The van der Waals surface area contributed by atoms with Gasteiger partial charge in [0.25, 0.3) is 0 Å². The minimum Gasteiger partial charge on any atom is -0.507 e. The molecule has 1 aromatic rings. The molecule has 0 saturated carbocycles. The van der Waals surface area contributed by atoms with Gasteiger partial charge in [-0.25, -0.2) is 4.39 Å². The molecule has 0 amide bonds. The second-order valence-corrected chi connectivity index (χ2v) is 3.04. The Morgan fingerprint density at radius 3 is 2.79 bits per heavy atom. The Morgan fingerprint density at radius 2 is 2.21 bits per heavy atom. The monoisotopic (exact) mass is 197 g/mol. The molecule has 0 aliphatic rings. The van der Waals surface area contributed by atoms with Crippen molar-refractivity contribution in [2.24, 2.45) is 0 Å². The fraction of sp³-hybridized carbons (Fsp3) is 0.300. The highest BCUT2D eigenvalue weighted by molar-refractivity contribution is 6.00. The van der Waals surface area contributed by atoms with Crippen molar-refractivity contribution in [2.45, 2.75) is 6.92 Å². The van der Waals surface area contributed by atoms with Crippen LogP contribution in [-0.4, -0.2) is 24.5 Å². The minimum absolute atomic E-state index is 0.00787. The molecule has 0 atom stereocenters. The van der Waals surface area contributed by atoms with Gasteiger partial charge in [0, 0.05) is 0 Å². The van der Waals surface area contributed by atoms with Gasteiger partial charge in [0.1, 0.15) is 11.6 Å². The van der Waals surface area contributed by atoms with Gasteiger partial charge in [-0.15, -0.1) is 0 Å². The van der Waals surface area contributed by atoms with Crippen LogP contribution in [0.4, 0.5) is 4.39 Å². The number of hydrogen-bond donors (Lipinski definition) is 2. The molecule has 1 rings (SSSR count). The molecule has 0 bridgehead atoms. The Balaban J connectivity index is 3.18. The minimum atomic E-state index is -0.648. The highest BCUT2D eigenvalue weighted by Crippen LogP contribution is 2.22. The summed E-state index contributed by atoms with van der Waals surface area (Å²) >= 11 is 0. The average Bonchev–Trinajstić information content (AvgIpc) is 2.13. The predicted octanol–water partition coefficient (Wildman–Crippen LogP) is 1.24. The van der Waals surface area contributed by atoms with Crippen LogP contribution >= 0.6 is 0 Å². The van der Waals surface area contributed by atoms with Gasteiger partial charge in [-0.05, 0) is 25.6 Å². The standard InChI is InChI=1S/C10H12FNO2/c1-6-3-4-7(13)9(10(6)11)8(14)5-12-2/h3-4,12-13H,5H2,1-2H3. The number of halogens is 1. The molecule has 14 heavy (non-hydrogen) atoms. The molecule has 0 aromatic heterocycles. The van der Waals surface area contributed by atoms with E-state index in [0.717, 1.165) is 0 Å². The van der Waals surface area contributed by atoms with Gasteiger partial charge in [-0.2, -0.15) is 0 Å². The quantitative estimate of drug-likeness (QED) is 0.717. The molecular formula is C10H12FNO2. The van der Waals surface area contributed by atoms with Crippen molar-refractivity contribution in [3.63, 3.8) is 0 Å². The van der Waals surface area contributed by atoms with Crippen molar-refractivity contribution in [1.82, 2.24) is 5.32 Å². The summed E-state index contributed by atoms with van der Waals surface area (Å²) in [6.07, 6.45) is 0. The number of likely N-dealkylation sites (N-methyl/N-ethyl adjacent to an activating group) is 1. The topological polar surface area (TPSA) is 49.3 Å². The summed E-state index contributed by atoms with van der Waals surface area (Å²) in [7, 11) is 1.59. The van der Waals surface area contributed by atoms with E-state index >= 15 is 0 Å². The van der Waals surface area contributed by atoms with Gasteiger partial charge in [0.2, 0.25) is 0 Å². The zero-order valence-corrected chi connectivity index (χ0v) is 8.10. The van der Waals surface area contributed by atoms with Crippen molar-refractivity contribution in [2.75, 3.05) is 13.6 Å². The third kappa shape index (κ3) is 1.90.